The molecule has 1 aromatic heterocycles. The maximum atomic E-state index is 13.2. The number of rotatable bonds is 8. The Bertz CT molecular complexity index is 1260. The molecule has 0 aliphatic carbocycles. The number of hydroxylamine groups is 1. The van der Waals surface area contributed by atoms with Crippen molar-refractivity contribution in [3.63, 3.8) is 0 Å². The molecule has 184 valence electrons. The second kappa shape index (κ2) is 10.9. The molecule has 1 aliphatic rings. The smallest absolute Gasteiger partial charge is 0.277 e. The van der Waals surface area contributed by atoms with Crippen LogP contribution in [-0.2, 0) is 16.6 Å². The van der Waals surface area contributed by atoms with Crippen molar-refractivity contribution in [2.45, 2.75) is 24.3 Å². The fraction of sp³-hybridized carbons (Fsp3) is 0.292. The third-order valence-electron chi connectivity index (χ3n) is 6.09. The third-order valence-corrected chi connectivity index (χ3v) is 7.57. The van der Waals surface area contributed by atoms with E-state index in [0.717, 1.165) is 24.0 Å². The highest BCUT2D eigenvalue weighted by molar-refractivity contribution is 7.89. The number of piperidine rings is 1. The first-order valence-corrected chi connectivity index (χ1v) is 12.7. The topological polar surface area (TPSA) is 145 Å². The maximum absolute atomic E-state index is 13.2. The molecule has 0 bridgehead atoms. The summed E-state index contributed by atoms with van der Waals surface area (Å²) in [5, 5.41) is 17.9. The summed E-state index contributed by atoms with van der Waals surface area (Å²) in [6, 6.07) is 14.0. The van der Waals surface area contributed by atoms with E-state index in [9.17, 15) is 18.3 Å². The van der Waals surface area contributed by atoms with Crippen molar-refractivity contribution >= 4 is 21.9 Å². The van der Waals surface area contributed by atoms with Gasteiger partial charge in [0.2, 0.25) is 16.0 Å². The predicted octanol–water partition coefficient (Wildman–Crippen LogP) is 1.95. The van der Waals surface area contributed by atoms with Gasteiger partial charge in [0.05, 0.1) is 17.1 Å². The second-order valence-electron chi connectivity index (χ2n) is 8.35. The number of benzene rings is 2. The van der Waals surface area contributed by atoms with Crippen LogP contribution in [0.1, 0.15) is 28.8 Å². The summed E-state index contributed by atoms with van der Waals surface area (Å²) in [5.41, 5.74) is 3.83. The molecular formula is C24H27N5O5S. The molecular weight excluding hydrogens is 470 g/mol. The Balaban J connectivity index is 1.37. The van der Waals surface area contributed by atoms with Gasteiger partial charge in [0.1, 0.15) is 0 Å². The largest absolute Gasteiger partial charge is 0.392 e. The number of hydrogen-bond acceptors (Lipinski definition) is 8. The number of aliphatic hydroxyl groups excluding tert-OH is 1. The van der Waals surface area contributed by atoms with Gasteiger partial charge in [-0.15, -0.1) is 0 Å². The number of nitrogens with zero attached hydrogens (tertiary/aromatic N) is 3. The van der Waals surface area contributed by atoms with Crippen LogP contribution in [0.25, 0.3) is 11.1 Å². The third kappa shape index (κ3) is 5.82. The number of anilines is 1. The molecule has 1 fully saturated rings. The molecule has 10 nitrogen and oxygen atoms in total. The van der Waals surface area contributed by atoms with E-state index in [4.69, 9.17) is 5.21 Å². The van der Waals surface area contributed by atoms with Crippen LogP contribution in [0.4, 0.5) is 5.95 Å². The van der Waals surface area contributed by atoms with Gasteiger partial charge in [0, 0.05) is 37.6 Å². The standard InChI is InChI=1S/C24H27N5O5S/c30-16-18-5-7-19(8-6-18)21-3-1-2-4-22(21)35(33,34)27-13-17-9-11-29(12-10-17)24-25-14-20(15-26-24)23(31)28-32/h1-8,14-15,17,27,30,32H,9-13,16H2,(H,28,31). The summed E-state index contributed by atoms with van der Waals surface area (Å²) < 4.78 is 29.1. The van der Waals surface area contributed by atoms with E-state index < -0.39 is 15.9 Å². The zero-order valence-corrected chi connectivity index (χ0v) is 19.8. The highest BCUT2D eigenvalue weighted by atomic mass is 32.2. The van der Waals surface area contributed by atoms with E-state index in [2.05, 4.69) is 14.7 Å². The molecule has 0 radical (unpaired) electrons. The van der Waals surface area contributed by atoms with Crippen molar-refractivity contribution in [3.05, 3.63) is 72.1 Å². The van der Waals surface area contributed by atoms with Crippen LogP contribution in [0.5, 0.6) is 0 Å². The van der Waals surface area contributed by atoms with Gasteiger partial charge in [-0.25, -0.2) is 28.6 Å². The van der Waals surface area contributed by atoms with Gasteiger partial charge in [-0.2, -0.15) is 0 Å². The van der Waals surface area contributed by atoms with Crippen molar-refractivity contribution in [1.82, 2.24) is 20.2 Å². The SMILES string of the molecule is O=C(NO)c1cnc(N2CCC(CNS(=O)(=O)c3ccccc3-c3ccc(CO)cc3)CC2)nc1. The average molecular weight is 498 g/mol. The Morgan fingerprint density at radius 3 is 2.31 bits per heavy atom. The number of hydrogen-bond donors (Lipinski definition) is 4. The predicted molar refractivity (Wildman–Crippen MR) is 129 cm³/mol. The van der Waals surface area contributed by atoms with E-state index >= 15 is 0 Å². The van der Waals surface area contributed by atoms with Gasteiger partial charge in [-0.3, -0.25) is 10.0 Å². The fourth-order valence-electron chi connectivity index (χ4n) is 4.04. The quantitative estimate of drug-likeness (QED) is 0.273. The molecule has 4 rings (SSSR count). The summed E-state index contributed by atoms with van der Waals surface area (Å²) in [5.74, 6) is -0.0255. The van der Waals surface area contributed by atoms with Crippen molar-refractivity contribution in [2.24, 2.45) is 5.92 Å². The van der Waals surface area contributed by atoms with E-state index in [-0.39, 0.29) is 23.0 Å². The van der Waals surface area contributed by atoms with Crippen LogP contribution in [-0.4, -0.2) is 54.2 Å². The highest BCUT2D eigenvalue weighted by Gasteiger charge is 2.25. The molecule has 0 spiro atoms. The Morgan fingerprint density at radius 2 is 1.69 bits per heavy atom. The Kier molecular flexibility index (Phi) is 7.71. The van der Waals surface area contributed by atoms with E-state index in [1.165, 1.54) is 12.4 Å². The monoisotopic (exact) mass is 497 g/mol. The maximum Gasteiger partial charge on any atom is 0.277 e. The fourth-order valence-corrected chi connectivity index (χ4v) is 5.38. The Hall–Kier alpha value is -3.38. The van der Waals surface area contributed by atoms with Gasteiger partial charge in [-0.1, -0.05) is 42.5 Å². The van der Waals surface area contributed by atoms with Crippen molar-refractivity contribution < 1.29 is 23.5 Å². The van der Waals surface area contributed by atoms with Gasteiger partial charge in [0.25, 0.3) is 5.91 Å². The van der Waals surface area contributed by atoms with Crippen molar-refractivity contribution in [2.75, 3.05) is 24.5 Å². The van der Waals surface area contributed by atoms with Crippen LogP contribution >= 0.6 is 0 Å². The number of sulfonamides is 1. The van der Waals surface area contributed by atoms with Gasteiger partial charge >= 0.3 is 0 Å². The molecule has 1 saturated heterocycles. The summed E-state index contributed by atoms with van der Waals surface area (Å²) in [4.78, 5) is 22.0. The second-order valence-corrected chi connectivity index (χ2v) is 10.1. The molecule has 0 saturated carbocycles. The zero-order chi connectivity index (χ0) is 24.8. The number of nitrogens with one attached hydrogen (secondary N) is 2. The first kappa shape index (κ1) is 24.7. The van der Waals surface area contributed by atoms with Crippen molar-refractivity contribution in [1.29, 1.82) is 0 Å². The first-order valence-electron chi connectivity index (χ1n) is 11.2. The molecule has 2 heterocycles. The highest BCUT2D eigenvalue weighted by Crippen LogP contribution is 2.28. The molecule has 1 aliphatic heterocycles. The molecule has 2 aromatic carbocycles. The van der Waals surface area contributed by atoms with Crippen LogP contribution in [0, 0.1) is 5.92 Å². The van der Waals surface area contributed by atoms with Crippen LogP contribution in [0.2, 0.25) is 0 Å². The van der Waals surface area contributed by atoms with Gasteiger partial charge in [-0.05, 0) is 36.0 Å². The lowest BCUT2D eigenvalue weighted by Gasteiger charge is -2.32. The molecule has 0 unspecified atom stereocenters. The average Bonchev–Trinajstić information content (AvgIpc) is 2.92. The number of carbonyl (C=O) groups is 1. The minimum Gasteiger partial charge on any atom is -0.392 e. The minimum absolute atomic E-state index is 0.0705. The summed E-state index contributed by atoms with van der Waals surface area (Å²) >= 11 is 0. The lowest BCUT2D eigenvalue weighted by Crippen LogP contribution is -2.39. The number of aromatic nitrogens is 2. The number of carbonyl (C=O) groups excluding carboxylic acids is 1. The molecule has 3 aromatic rings. The molecule has 11 heteroatoms. The van der Waals surface area contributed by atoms with Crippen LogP contribution in [0.3, 0.4) is 0 Å². The first-order chi connectivity index (χ1) is 16.9. The van der Waals surface area contributed by atoms with E-state index in [1.807, 2.05) is 4.90 Å². The summed E-state index contributed by atoms with van der Waals surface area (Å²) in [6.07, 6.45) is 4.22. The molecule has 4 N–H and O–H groups in total. The Labute approximate surface area is 203 Å². The normalized spacial score (nSPS) is 14.6. The zero-order valence-electron chi connectivity index (χ0n) is 19.0. The van der Waals surface area contributed by atoms with E-state index in [0.29, 0.717) is 31.1 Å². The minimum atomic E-state index is -3.73. The van der Waals surface area contributed by atoms with Crippen LogP contribution < -0.4 is 15.1 Å². The molecule has 35 heavy (non-hydrogen) atoms. The van der Waals surface area contributed by atoms with Gasteiger partial charge < -0.3 is 10.0 Å². The van der Waals surface area contributed by atoms with E-state index in [1.54, 1.807) is 54.0 Å². The summed E-state index contributed by atoms with van der Waals surface area (Å²) in [7, 11) is -3.73. The van der Waals surface area contributed by atoms with Crippen LogP contribution in [0.15, 0.2) is 65.8 Å². The van der Waals surface area contributed by atoms with Crippen molar-refractivity contribution in [3.8, 4) is 11.1 Å². The number of aliphatic hydroxyl groups is 1. The summed E-state index contributed by atoms with van der Waals surface area (Å²) in [6.45, 7) is 1.57. The molecule has 0 atom stereocenters. The number of amides is 1. The lowest BCUT2D eigenvalue weighted by molar-refractivity contribution is 0.0705. The Morgan fingerprint density at radius 1 is 1.03 bits per heavy atom. The molecule has 1 amide bonds. The van der Waals surface area contributed by atoms with Gasteiger partial charge in [0.15, 0.2) is 0 Å². The lowest BCUT2D eigenvalue weighted by atomic mass is 9.97.